The molecule has 1 aromatic heterocycles. The van der Waals surface area contributed by atoms with Gasteiger partial charge in [-0.25, -0.2) is 9.07 Å². The van der Waals surface area contributed by atoms with Gasteiger partial charge in [-0.05, 0) is 50.1 Å². The van der Waals surface area contributed by atoms with E-state index in [1.54, 1.807) is 16.8 Å². The summed E-state index contributed by atoms with van der Waals surface area (Å²) >= 11 is 0. The van der Waals surface area contributed by atoms with Crippen molar-refractivity contribution >= 4 is 29.9 Å². The van der Waals surface area contributed by atoms with Gasteiger partial charge in [0.1, 0.15) is 5.82 Å². The zero-order valence-electron chi connectivity index (χ0n) is 17.3. The maximum atomic E-state index is 13.0. The number of hydrogen-bond acceptors (Lipinski definition) is 4. The second-order valence-electron chi connectivity index (χ2n) is 6.88. The van der Waals surface area contributed by atoms with E-state index in [1.807, 2.05) is 19.2 Å². The Morgan fingerprint density at radius 2 is 2.13 bits per heavy atom. The summed E-state index contributed by atoms with van der Waals surface area (Å²) in [6.07, 6.45) is 4.78. The van der Waals surface area contributed by atoms with E-state index in [0.717, 1.165) is 56.3 Å². The quantitative estimate of drug-likeness (QED) is 0.214. The minimum absolute atomic E-state index is 0. The fourth-order valence-corrected chi connectivity index (χ4v) is 3.03. The highest BCUT2D eigenvalue weighted by molar-refractivity contribution is 14.0. The molecular weight excluding hydrogens is 500 g/mol. The largest absolute Gasteiger partial charge is 0.379 e. The number of rotatable bonds is 10. The van der Waals surface area contributed by atoms with E-state index in [4.69, 9.17) is 9.47 Å². The Labute approximate surface area is 194 Å². The van der Waals surface area contributed by atoms with Crippen molar-refractivity contribution in [2.45, 2.75) is 32.3 Å². The van der Waals surface area contributed by atoms with E-state index in [9.17, 15) is 4.39 Å². The SMILES string of the molecule is CCNC(=NCCCOC1CCOC1)NCCc1ccn(-c2ccc(F)cc2)n1.I. The predicted octanol–water partition coefficient (Wildman–Crippen LogP) is 2.92. The molecule has 0 spiro atoms. The van der Waals surface area contributed by atoms with Gasteiger partial charge < -0.3 is 20.1 Å². The van der Waals surface area contributed by atoms with Gasteiger partial charge >= 0.3 is 0 Å². The molecule has 2 aromatic rings. The van der Waals surface area contributed by atoms with Crippen LogP contribution in [0.15, 0.2) is 41.5 Å². The second kappa shape index (κ2) is 13.6. The number of ether oxygens (including phenoxy) is 2. The summed E-state index contributed by atoms with van der Waals surface area (Å²) in [6.45, 7) is 6.51. The molecule has 7 nitrogen and oxygen atoms in total. The Balaban J connectivity index is 0.00000320. The number of halogens is 2. The van der Waals surface area contributed by atoms with E-state index in [0.29, 0.717) is 19.8 Å². The molecule has 1 atom stereocenters. The van der Waals surface area contributed by atoms with E-state index in [1.165, 1.54) is 12.1 Å². The number of nitrogens with zero attached hydrogens (tertiary/aromatic N) is 3. The van der Waals surface area contributed by atoms with Crippen molar-refractivity contribution in [3.05, 3.63) is 48.0 Å². The van der Waals surface area contributed by atoms with Gasteiger partial charge in [-0.15, -0.1) is 24.0 Å². The third-order valence-electron chi connectivity index (χ3n) is 4.57. The minimum atomic E-state index is -0.250. The van der Waals surface area contributed by atoms with Crippen molar-refractivity contribution in [3.63, 3.8) is 0 Å². The van der Waals surface area contributed by atoms with Gasteiger partial charge in [0.05, 0.1) is 24.1 Å². The molecule has 1 saturated heterocycles. The van der Waals surface area contributed by atoms with Crippen LogP contribution >= 0.6 is 24.0 Å². The highest BCUT2D eigenvalue weighted by atomic mass is 127. The number of aliphatic imine (C=N–C) groups is 1. The molecule has 9 heteroatoms. The van der Waals surface area contributed by atoms with E-state index in [2.05, 4.69) is 20.7 Å². The fraction of sp³-hybridized carbons (Fsp3) is 0.524. The van der Waals surface area contributed by atoms with Gasteiger partial charge in [0.15, 0.2) is 5.96 Å². The summed E-state index contributed by atoms with van der Waals surface area (Å²) < 4.78 is 25.9. The standard InChI is InChI=1S/C21H30FN5O2.HI/c1-2-23-21(24-11-3-14-29-20-10-15-28-16-20)25-12-8-18-9-13-27(26-18)19-6-4-17(22)5-7-19;/h4-7,9,13,20H,2-3,8,10-12,14-16H2,1H3,(H2,23,24,25);1H. The minimum Gasteiger partial charge on any atom is -0.379 e. The summed E-state index contributed by atoms with van der Waals surface area (Å²) in [5, 5.41) is 11.1. The molecule has 0 radical (unpaired) electrons. The van der Waals surface area contributed by atoms with Crippen LogP contribution in [0, 0.1) is 5.82 Å². The van der Waals surface area contributed by atoms with Gasteiger partial charge in [0.2, 0.25) is 0 Å². The Morgan fingerprint density at radius 1 is 1.30 bits per heavy atom. The molecule has 30 heavy (non-hydrogen) atoms. The van der Waals surface area contributed by atoms with Crippen molar-refractivity contribution in [2.75, 3.05) is 39.5 Å². The summed E-state index contributed by atoms with van der Waals surface area (Å²) in [7, 11) is 0. The molecule has 1 unspecified atom stereocenters. The van der Waals surface area contributed by atoms with E-state index >= 15 is 0 Å². The fourth-order valence-electron chi connectivity index (χ4n) is 3.03. The molecule has 2 N–H and O–H groups in total. The van der Waals surface area contributed by atoms with Crippen molar-refractivity contribution in [3.8, 4) is 5.69 Å². The van der Waals surface area contributed by atoms with Gasteiger partial charge in [0, 0.05) is 45.5 Å². The molecule has 3 rings (SSSR count). The van der Waals surface area contributed by atoms with Crippen LogP contribution in [0.4, 0.5) is 4.39 Å². The Morgan fingerprint density at radius 3 is 2.87 bits per heavy atom. The molecule has 2 heterocycles. The molecule has 0 saturated carbocycles. The molecular formula is C21H31FIN5O2. The summed E-state index contributed by atoms with van der Waals surface area (Å²) in [4.78, 5) is 4.59. The Hall–Kier alpha value is -1.72. The number of guanidine groups is 1. The maximum absolute atomic E-state index is 13.0. The summed E-state index contributed by atoms with van der Waals surface area (Å²) in [6, 6.07) is 8.26. The van der Waals surface area contributed by atoms with E-state index < -0.39 is 0 Å². The Kier molecular flexibility index (Phi) is 11.1. The molecule has 1 aliphatic rings. The first kappa shape index (κ1) is 24.5. The molecule has 166 valence electrons. The zero-order valence-corrected chi connectivity index (χ0v) is 19.7. The zero-order chi connectivity index (χ0) is 20.3. The summed E-state index contributed by atoms with van der Waals surface area (Å²) in [5.41, 5.74) is 1.80. The number of nitrogens with one attached hydrogen (secondary N) is 2. The highest BCUT2D eigenvalue weighted by Gasteiger charge is 2.15. The molecule has 1 fully saturated rings. The van der Waals surface area contributed by atoms with Gasteiger partial charge in [-0.1, -0.05) is 0 Å². The lowest BCUT2D eigenvalue weighted by molar-refractivity contribution is 0.0424. The topological polar surface area (TPSA) is 72.7 Å². The number of hydrogen-bond donors (Lipinski definition) is 2. The van der Waals surface area contributed by atoms with Crippen LogP contribution in [0.25, 0.3) is 5.69 Å². The number of benzene rings is 1. The summed E-state index contributed by atoms with van der Waals surface area (Å²) in [5.74, 6) is 0.550. The lowest BCUT2D eigenvalue weighted by Gasteiger charge is -2.11. The monoisotopic (exact) mass is 531 g/mol. The van der Waals surface area contributed by atoms with Crippen molar-refractivity contribution in [1.29, 1.82) is 0 Å². The average Bonchev–Trinajstić information content (AvgIpc) is 3.40. The van der Waals surface area contributed by atoms with Gasteiger partial charge in [-0.3, -0.25) is 4.99 Å². The maximum Gasteiger partial charge on any atom is 0.191 e. The molecule has 0 bridgehead atoms. The van der Waals surface area contributed by atoms with Crippen LogP contribution in [0.3, 0.4) is 0 Å². The molecule has 1 aliphatic heterocycles. The smallest absolute Gasteiger partial charge is 0.191 e. The molecule has 0 amide bonds. The van der Waals surface area contributed by atoms with Crippen LogP contribution < -0.4 is 10.6 Å². The lowest BCUT2D eigenvalue weighted by atomic mass is 10.3. The van der Waals surface area contributed by atoms with Crippen LogP contribution in [0.5, 0.6) is 0 Å². The third kappa shape index (κ3) is 8.19. The van der Waals surface area contributed by atoms with Crippen molar-refractivity contribution in [1.82, 2.24) is 20.4 Å². The van der Waals surface area contributed by atoms with Gasteiger partial charge in [-0.2, -0.15) is 5.10 Å². The first-order valence-electron chi connectivity index (χ1n) is 10.3. The Bertz CT molecular complexity index is 763. The normalized spacial score (nSPS) is 16.3. The molecule has 0 aliphatic carbocycles. The van der Waals surface area contributed by atoms with Crippen molar-refractivity contribution in [2.24, 2.45) is 4.99 Å². The van der Waals surface area contributed by atoms with Crippen LogP contribution in [-0.4, -0.2) is 61.3 Å². The highest BCUT2D eigenvalue weighted by Crippen LogP contribution is 2.09. The van der Waals surface area contributed by atoms with Crippen LogP contribution in [0.1, 0.15) is 25.5 Å². The average molecular weight is 531 g/mol. The van der Waals surface area contributed by atoms with Crippen LogP contribution in [0.2, 0.25) is 0 Å². The first-order chi connectivity index (χ1) is 14.2. The van der Waals surface area contributed by atoms with Gasteiger partial charge in [0.25, 0.3) is 0 Å². The van der Waals surface area contributed by atoms with E-state index in [-0.39, 0.29) is 35.9 Å². The van der Waals surface area contributed by atoms with Crippen LogP contribution in [-0.2, 0) is 15.9 Å². The lowest BCUT2D eigenvalue weighted by Crippen LogP contribution is -2.38. The number of aromatic nitrogens is 2. The third-order valence-corrected chi connectivity index (χ3v) is 4.57. The second-order valence-corrected chi connectivity index (χ2v) is 6.88. The predicted molar refractivity (Wildman–Crippen MR) is 126 cm³/mol. The first-order valence-corrected chi connectivity index (χ1v) is 10.3. The molecule has 1 aromatic carbocycles. The van der Waals surface area contributed by atoms with Crippen molar-refractivity contribution < 1.29 is 13.9 Å².